The van der Waals surface area contributed by atoms with Gasteiger partial charge in [0, 0.05) is 19.8 Å². The maximum Gasteiger partial charge on any atom is 0.320 e. The van der Waals surface area contributed by atoms with Gasteiger partial charge in [-0.05, 0) is 20.3 Å². The van der Waals surface area contributed by atoms with Crippen LogP contribution in [0.3, 0.4) is 0 Å². The Kier molecular flexibility index (Phi) is 5.85. The average molecular weight is 321 g/mol. The summed E-state index contributed by atoms with van der Waals surface area (Å²) in [4.78, 5) is 35.0. The first-order chi connectivity index (χ1) is 10.1. The lowest BCUT2D eigenvalue weighted by Gasteiger charge is -2.48. The van der Waals surface area contributed by atoms with Crippen molar-refractivity contribution in [2.45, 2.75) is 51.5 Å². The number of rotatable bonds is 7. The van der Waals surface area contributed by atoms with Crippen molar-refractivity contribution in [3.63, 3.8) is 0 Å². The molecule has 0 aliphatic heterocycles. The molecule has 1 aliphatic rings. The summed E-state index contributed by atoms with van der Waals surface area (Å²) >= 11 is 0. The number of ether oxygens (including phenoxy) is 2. The first-order valence-electron chi connectivity index (χ1n) is 7.14. The van der Waals surface area contributed by atoms with Gasteiger partial charge in [-0.15, -0.1) is 0 Å². The molecule has 0 radical (unpaired) electrons. The molecule has 0 heterocycles. The maximum absolute atomic E-state index is 13.2. The van der Waals surface area contributed by atoms with Crippen LogP contribution in [0.4, 0.5) is 8.78 Å². The van der Waals surface area contributed by atoms with Gasteiger partial charge in [-0.2, -0.15) is 0 Å². The van der Waals surface area contributed by atoms with Gasteiger partial charge in [0.25, 0.3) is 5.92 Å². The van der Waals surface area contributed by atoms with Crippen LogP contribution in [-0.2, 0) is 23.9 Å². The van der Waals surface area contributed by atoms with E-state index in [9.17, 15) is 23.2 Å². The highest BCUT2D eigenvalue weighted by molar-refractivity contribution is 5.95. The van der Waals surface area contributed by atoms with Crippen molar-refractivity contribution in [3.8, 4) is 0 Å². The number of carbonyl (C=O) groups is 3. The van der Waals surface area contributed by atoms with Gasteiger partial charge >= 0.3 is 11.9 Å². The molecule has 126 valence electrons. The van der Waals surface area contributed by atoms with E-state index in [0.717, 1.165) is 0 Å². The summed E-state index contributed by atoms with van der Waals surface area (Å²) in [5.74, 6) is -6.41. The van der Waals surface area contributed by atoms with Crippen LogP contribution in [0.15, 0.2) is 0 Å². The molecule has 1 amide bonds. The summed E-state index contributed by atoms with van der Waals surface area (Å²) in [5.41, 5.74) is -1.29. The van der Waals surface area contributed by atoms with Gasteiger partial charge in [0.15, 0.2) is 5.92 Å². The van der Waals surface area contributed by atoms with Gasteiger partial charge in [0.05, 0.1) is 18.8 Å². The molecule has 1 rings (SSSR count). The van der Waals surface area contributed by atoms with Gasteiger partial charge in [-0.1, -0.05) is 0 Å². The lowest BCUT2D eigenvalue weighted by atomic mass is 9.68. The van der Waals surface area contributed by atoms with Crippen molar-refractivity contribution >= 4 is 17.8 Å². The fourth-order valence-electron chi connectivity index (χ4n) is 2.73. The summed E-state index contributed by atoms with van der Waals surface area (Å²) in [6.45, 7) is 4.44. The van der Waals surface area contributed by atoms with Gasteiger partial charge in [-0.3, -0.25) is 14.4 Å². The van der Waals surface area contributed by atoms with Crippen molar-refractivity contribution < 1.29 is 32.6 Å². The Balaban J connectivity index is 2.91. The molecule has 1 fully saturated rings. The third kappa shape index (κ3) is 4.64. The summed E-state index contributed by atoms with van der Waals surface area (Å²) in [7, 11) is 0. The second kappa shape index (κ2) is 7.02. The van der Waals surface area contributed by atoms with Crippen molar-refractivity contribution in [1.29, 1.82) is 0 Å². The second-order valence-electron chi connectivity index (χ2n) is 5.43. The largest absolute Gasteiger partial charge is 0.465 e. The van der Waals surface area contributed by atoms with E-state index >= 15 is 0 Å². The van der Waals surface area contributed by atoms with Crippen molar-refractivity contribution in [2.24, 2.45) is 5.92 Å². The SMILES string of the molecule is CCOC(=O)C(CC1(NC(C)=O)CC(F)(F)C1)C(=O)OCC. The number of amides is 1. The monoisotopic (exact) mass is 321 g/mol. The zero-order valence-electron chi connectivity index (χ0n) is 12.9. The normalized spacial score (nSPS) is 18.3. The Bertz CT molecular complexity index is 427. The fraction of sp³-hybridized carbons (Fsp3) is 0.786. The lowest BCUT2D eigenvalue weighted by molar-refractivity contribution is -0.173. The second-order valence-corrected chi connectivity index (χ2v) is 5.43. The van der Waals surface area contributed by atoms with E-state index in [4.69, 9.17) is 9.47 Å². The van der Waals surface area contributed by atoms with E-state index in [1.54, 1.807) is 13.8 Å². The Morgan fingerprint density at radius 1 is 1.09 bits per heavy atom. The third-order valence-corrected chi connectivity index (χ3v) is 3.37. The Morgan fingerprint density at radius 2 is 1.55 bits per heavy atom. The number of nitrogens with one attached hydrogen (secondary N) is 1. The molecule has 22 heavy (non-hydrogen) atoms. The molecule has 0 unspecified atom stereocenters. The highest BCUT2D eigenvalue weighted by atomic mass is 19.3. The van der Waals surface area contributed by atoms with Gasteiger partial charge in [-0.25, -0.2) is 8.78 Å². The minimum atomic E-state index is -2.92. The van der Waals surface area contributed by atoms with E-state index in [1.807, 2.05) is 0 Å². The molecule has 6 nitrogen and oxygen atoms in total. The maximum atomic E-state index is 13.2. The quantitative estimate of drug-likeness (QED) is 0.566. The van der Waals surface area contributed by atoms with E-state index in [2.05, 4.69) is 5.32 Å². The lowest BCUT2D eigenvalue weighted by Crippen LogP contribution is -2.63. The predicted molar refractivity (Wildman–Crippen MR) is 72.1 cm³/mol. The molecule has 0 aromatic rings. The van der Waals surface area contributed by atoms with Crippen molar-refractivity contribution in [1.82, 2.24) is 5.32 Å². The number of carbonyl (C=O) groups excluding carboxylic acids is 3. The zero-order chi connectivity index (χ0) is 17.0. The van der Waals surface area contributed by atoms with Crippen LogP contribution in [-0.4, -0.2) is 42.5 Å². The first kappa shape index (κ1) is 18.3. The van der Waals surface area contributed by atoms with E-state index < -0.39 is 48.1 Å². The number of halogens is 2. The van der Waals surface area contributed by atoms with Gasteiger partial charge in [0.2, 0.25) is 5.91 Å². The summed E-state index contributed by atoms with van der Waals surface area (Å²) in [6.07, 6.45) is -1.50. The number of hydrogen-bond donors (Lipinski definition) is 1. The molecule has 0 bridgehead atoms. The van der Waals surface area contributed by atoms with E-state index in [-0.39, 0.29) is 19.6 Å². The number of hydrogen-bond acceptors (Lipinski definition) is 5. The first-order valence-corrected chi connectivity index (χ1v) is 7.14. The van der Waals surface area contributed by atoms with Crippen LogP contribution < -0.4 is 5.32 Å². The predicted octanol–water partition coefficient (Wildman–Crippen LogP) is 1.42. The molecule has 1 N–H and O–H groups in total. The van der Waals surface area contributed by atoms with Crippen LogP contribution in [0.25, 0.3) is 0 Å². The number of alkyl halides is 2. The van der Waals surface area contributed by atoms with Crippen LogP contribution in [0.2, 0.25) is 0 Å². The molecular formula is C14H21F2NO5. The summed E-state index contributed by atoms with van der Waals surface area (Å²) < 4.78 is 36.1. The van der Waals surface area contributed by atoms with Crippen LogP contribution in [0, 0.1) is 5.92 Å². The molecule has 0 aromatic carbocycles. The highest BCUT2D eigenvalue weighted by Gasteiger charge is 2.59. The molecule has 1 aliphatic carbocycles. The van der Waals surface area contributed by atoms with Crippen molar-refractivity contribution in [3.05, 3.63) is 0 Å². The van der Waals surface area contributed by atoms with Crippen molar-refractivity contribution in [2.75, 3.05) is 13.2 Å². The topological polar surface area (TPSA) is 81.7 Å². The minimum absolute atomic E-state index is 0.0536. The third-order valence-electron chi connectivity index (χ3n) is 3.37. The highest BCUT2D eigenvalue weighted by Crippen LogP contribution is 2.48. The molecule has 8 heteroatoms. The van der Waals surface area contributed by atoms with Crippen LogP contribution in [0.1, 0.15) is 40.0 Å². The van der Waals surface area contributed by atoms with E-state index in [1.165, 1.54) is 6.92 Å². The van der Waals surface area contributed by atoms with Gasteiger partial charge < -0.3 is 14.8 Å². The van der Waals surface area contributed by atoms with Crippen LogP contribution >= 0.6 is 0 Å². The summed E-state index contributed by atoms with van der Waals surface area (Å²) in [5, 5.41) is 2.44. The molecular weight excluding hydrogens is 300 g/mol. The zero-order valence-corrected chi connectivity index (χ0v) is 12.9. The van der Waals surface area contributed by atoms with Gasteiger partial charge in [0.1, 0.15) is 0 Å². The minimum Gasteiger partial charge on any atom is -0.465 e. The average Bonchev–Trinajstić information content (AvgIpc) is 2.33. The fourth-order valence-corrected chi connectivity index (χ4v) is 2.73. The molecule has 0 aromatic heterocycles. The molecule has 0 atom stereocenters. The molecule has 0 saturated heterocycles. The Labute approximate surface area is 127 Å². The van der Waals surface area contributed by atoms with Crippen LogP contribution in [0.5, 0.6) is 0 Å². The number of esters is 2. The standard InChI is InChI=1S/C14H21F2NO5/c1-4-21-11(19)10(12(20)22-5-2)6-13(17-9(3)18)7-14(15,16)8-13/h10H,4-8H2,1-3H3,(H,17,18). The Morgan fingerprint density at radius 3 is 1.86 bits per heavy atom. The summed E-state index contributed by atoms with van der Waals surface area (Å²) in [6, 6.07) is 0. The van der Waals surface area contributed by atoms with E-state index in [0.29, 0.717) is 0 Å². The smallest absolute Gasteiger partial charge is 0.320 e. The Hall–Kier alpha value is -1.73. The molecule has 0 spiro atoms. The molecule has 1 saturated carbocycles.